The maximum Gasteiger partial charge on any atom is 0.0775 e. The van der Waals surface area contributed by atoms with Gasteiger partial charge in [0.2, 0.25) is 0 Å². The third-order valence-corrected chi connectivity index (χ3v) is 3.49. The summed E-state index contributed by atoms with van der Waals surface area (Å²) in [6.45, 7) is 4.68. The molecule has 90 valence electrons. The first-order valence-electron chi connectivity index (χ1n) is 5.74. The molecule has 17 heavy (non-hydrogen) atoms. The molecule has 0 aliphatic rings. The van der Waals surface area contributed by atoms with Gasteiger partial charge in [0.1, 0.15) is 0 Å². The van der Waals surface area contributed by atoms with Crippen molar-refractivity contribution < 1.29 is 4.74 Å². The molecular formula is C14H16ClNO. The van der Waals surface area contributed by atoms with Crippen LogP contribution in [0.25, 0.3) is 10.9 Å². The second kappa shape index (κ2) is 5.03. The van der Waals surface area contributed by atoms with Gasteiger partial charge in [-0.25, -0.2) is 0 Å². The van der Waals surface area contributed by atoms with Crippen molar-refractivity contribution in [3.63, 3.8) is 0 Å². The van der Waals surface area contributed by atoms with Crippen LogP contribution in [0.15, 0.2) is 18.2 Å². The van der Waals surface area contributed by atoms with Crippen molar-refractivity contribution >= 4 is 22.5 Å². The fraction of sp³-hybridized carbons (Fsp3) is 0.357. The molecule has 0 spiro atoms. The zero-order valence-corrected chi connectivity index (χ0v) is 11.1. The number of aromatic nitrogens is 1. The maximum absolute atomic E-state index is 6.40. The molecule has 0 bridgehead atoms. The quantitative estimate of drug-likeness (QED) is 0.823. The lowest BCUT2D eigenvalue weighted by molar-refractivity contribution is 0.186. The molecule has 0 saturated carbocycles. The summed E-state index contributed by atoms with van der Waals surface area (Å²) in [7, 11) is 1.69. The Bertz CT molecular complexity index is 551. The number of aryl methyl sites for hydroxylation is 1. The molecule has 0 unspecified atom stereocenters. The average Bonchev–Trinajstić information content (AvgIpc) is 2.34. The summed E-state index contributed by atoms with van der Waals surface area (Å²) >= 11 is 6.40. The van der Waals surface area contributed by atoms with Crippen LogP contribution in [0.5, 0.6) is 0 Å². The SMILES string of the molecule is CCc1nc2c(COC)cccc2c(Cl)c1C. The van der Waals surface area contributed by atoms with Gasteiger partial charge in [0.25, 0.3) is 0 Å². The zero-order valence-electron chi connectivity index (χ0n) is 10.4. The van der Waals surface area contributed by atoms with Crippen LogP contribution in [0.2, 0.25) is 5.02 Å². The Balaban J connectivity index is 2.77. The van der Waals surface area contributed by atoms with Crippen molar-refractivity contribution in [2.45, 2.75) is 26.9 Å². The fourth-order valence-corrected chi connectivity index (χ4v) is 2.33. The number of para-hydroxylation sites is 1. The Morgan fingerprint density at radius 2 is 2.12 bits per heavy atom. The minimum absolute atomic E-state index is 0.562. The molecule has 0 amide bonds. The summed E-state index contributed by atoms with van der Waals surface area (Å²) < 4.78 is 5.20. The lowest BCUT2D eigenvalue weighted by Gasteiger charge is -2.11. The predicted molar refractivity (Wildman–Crippen MR) is 71.6 cm³/mol. The van der Waals surface area contributed by atoms with E-state index < -0.39 is 0 Å². The molecule has 0 atom stereocenters. The molecule has 0 aliphatic carbocycles. The van der Waals surface area contributed by atoms with Crippen LogP contribution in [0.1, 0.15) is 23.7 Å². The van der Waals surface area contributed by atoms with Gasteiger partial charge < -0.3 is 4.74 Å². The number of fused-ring (bicyclic) bond motifs is 1. The molecule has 0 fully saturated rings. The number of pyridine rings is 1. The lowest BCUT2D eigenvalue weighted by Crippen LogP contribution is -1.98. The first kappa shape index (κ1) is 12.3. The summed E-state index contributed by atoms with van der Waals surface area (Å²) in [6, 6.07) is 6.04. The highest BCUT2D eigenvalue weighted by atomic mass is 35.5. The summed E-state index contributed by atoms with van der Waals surface area (Å²) in [6.07, 6.45) is 0.892. The van der Waals surface area contributed by atoms with E-state index in [-0.39, 0.29) is 0 Å². The second-order valence-corrected chi connectivity index (χ2v) is 4.48. The number of hydrogen-bond acceptors (Lipinski definition) is 2. The smallest absolute Gasteiger partial charge is 0.0775 e. The number of halogens is 1. The van der Waals surface area contributed by atoms with Crippen LogP contribution in [-0.2, 0) is 17.8 Å². The predicted octanol–water partition coefficient (Wildman–Crippen LogP) is 3.91. The summed E-state index contributed by atoms with van der Waals surface area (Å²) in [5.41, 5.74) is 4.19. The van der Waals surface area contributed by atoms with Crippen LogP contribution in [0.4, 0.5) is 0 Å². The summed E-state index contributed by atoms with van der Waals surface area (Å²) in [4.78, 5) is 4.71. The van der Waals surface area contributed by atoms with Gasteiger partial charge in [-0.3, -0.25) is 4.98 Å². The van der Waals surface area contributed by atoms with Crippen molar-refractivity contribution in [3.05, 3.63) is 40.0 Å². The standard InChI is InChI=1S/C14H16ClNO/c1-4-12-9(2)13(15)11-7-5-6-10(8-17-3)14(11)16-12/h5-7H,4,8H2,1-3H3. The van der Waals surface area contributed by atoms with Gasteiger partial charge >= 0.3 is 0 Å². The molecule has 1 heterocycles. The van der Waals surface area contributed by atoms with E-state index in [0.29, 0.717) is 6.61 Å². The van der Waals surface area contributed by atoms with Crippen molar-refractivity contribution in [2.24, 2.45) is 0 Å². The zero-order chi connectivity index (χ0) is 12.4. The van der Waals surface area contributed by atoms with E-state index in [2.05, 4.69) is 6.92 Å². The lowest BCUT2D eigenvalue weighted by atomic mass is 10.1. The Labute approximate surface area is 107 Å². The number of ether oxygens (including phenoxy) is 1. The van der Waals surface area contributed by atoms with Crippen molar-refractivity contribution in [1.82, 2.24) is 4.98 Å². The first-order chi connectivity index (χ1) is 8.19. The van der Waals surface area contributed by atoms with Gasteiger partial charge in [-0.05, 0) is 18.9 Å². The summed E-state index contributed by atoms with van der Waals surface area (Å²) in [5.74, 6) is 0. The van der Waals surface area contributed by atoms with Gasteiger partial charge in [0.05, 0.1) is 17.1 Å². The minimum atomic E-state index is 0.562. The molecule has 0 saturated heterocycles. The van der Waals surface area contributed by atoms with Crippen molar-refractivity contribution in [2.75, 3.05) is 7.11 Å². The molecule has 2 rings (SSSR count). The highest BCUT2D eigenvalue weighted by Crippen LogP contribution is 2.29. The summed E-state index contributed by atoms with van der Waals surface area (Å²) in [5, 5.41) is 1.82. The third kappa shape index (κ3) is 2.15. The van der Waals surface area contributed by atoms with Crippen LogP contribution in [-0.4, -0.2) is 12.1 Å². The number of nitrogens with zero attached hydrogens (tertiary/aromatic N) is 1. The molecule has 1 aromatic carbocycles. The Morgan fingerprint density at radius 1 is 1.35 bits per heavy atom. The molecule has 3 heteroatoms. The molecular weight excluding hydrogens is 234 g/mol. The number of methoxy groups -OCH3 is 1. The number of hydrogen-bond donors (Lipinski definition) is 0. The van der Waals surface area contributed by atoms with E-state index in [1.807, 2.05) is 25.1 Å². The first-order valence-corrected chi connectivity index (χ1v) is 6.12. The maximum atomic E-state index is 6.40. The largest absolute Gasteiger partial charge is 0.380 e. The molecule has 2 aromatic rings. The average molecular weight is 250 g/mol. The van der Waals surface area contributed by atoms with E-state index in [9.17, 15) is 0 Å². The molecule has 1 aromatic heterocycles. The van der Waals surface area contributed by atoms with E-state index >= 15 is 0 Å². The minimum Gasteiger partial charge on any atom is -0.380 e. The molecule has 2 nitrogen and oxygen atoms in total. The monoisotopic (exact) mass is 249 g/mol. The van der Waals surface area contributed by atoms with E-state index in [1.165, 1.54) is 0 Å². The van der Waals surface area contributed by atoms with Crippen molar-refractivity contribution in [1.29, 1.82) is 0 Å². The van der Waals surface area contributed by atoms with Crippen LogP contribution in [0.3, 0.4) is 0 Å². The van der Waals surface area contributed by atoms with E-state index in [0.717, 1.165) is 39.2 Å². The van der Waals surface area contributed by atoms with Gasteiger partial charge in [0, 0.05) is 23.8 Å². The highest BCUT2D eigenvalue weighted by Gasteiger charge is 2.11. The topological polar surface area (TPSA) is 22.1 Å². The van der Waals surface area contributed by atoms with Gasteiger partial charge in [-0.1, -0.05) is 36.7 Å². The van der Waals surface area contributed by atoms with Gasteiger partial charge in [-0.2, -0.15) is 0 Å². The van der Waals surface area contributed by atoms with Gasteiger partial charge in [-0.15, -0.1) is 0 Å². The second-order valence-electron chi connectivity index (χ2n) is 4.10. The van der Waals surface area contributed by atoms with E-state index in [1.54, 1.807) is 7.11 Å². The molecule has 0 radical (unpaired) electrons. The fourth-order valence-electron chi connectivity index (χ4n) is 2.06. The van der Waals surface area contributed by atoms with Crippen molar-refractivity contribution in [3.8, 4) is 0 Å². The highest BCUT2D eigenvalue weighted by molar-refractivity contribution is 6.36. The Hall–Kier alpha value is -1.12. The Kier molecular flexibility index (Phi) is 3.65. The normalized spacial score (nSPS) is 11.1. The van der Waals surface area contributed by atoms with Crippen LogP contribution < -0.4 is 0 Å². The van der Waals surface area contributed by atoms with Gasteiger partial charge in [0.15, 0.2) is 0 Å². The van der Waals surface area contributed by atoms with Crippen LogP contribution in [0, 0.1) is 6.92 Å². The number of rotatable bonds is 3. The molecule has 0 aliphatic heterocycles. The number of benzene rings is 1. The molecule has 0 N–H and O–H groups in total. The van der Waals surface area contributed by atoms with E-state index in [4.69, 9.17) is 21.3 Å². The van der Waals surface area contributed by atoms with Crippen LogP contribution >= 0.6 is 11.6 Å². The third-order valence-electron chi connectivity index (χ3n) is 3.00. The Morgan fingerprint density at radius 3 is 2.76 bits per heavy atom.